The lowest BCUT2D eigenvalue weighted by Crippen LogP contribution is -2.45. The van der Waals surface area contributed by atoms with Crippen LogP contribution >= 0.6 is 15.9 Å². The van der Waals surface area contributed by atoms with Gasteiger partial charge < -0.3 is 9.64 Å². The molecule has 8 heteroatoms. The second kappa shape index (κ2) is 9.08. The molecule has 6 nitrogen and oxygen atoms in total. The quantitative estimate of drug-likeness (QED) is 0.579. The lowest BCUT2D eigenvalue weighted by molar-refractivity contribution is -0.119. The van der Waals surface area contributed by atoms with E-state index in [2.05, 4.69) is 15.9 Å². The van der Waals surface area contributed by atoms with Crippen molar-refractivity contribution >= 4 is 37.5 Å². The van der Waals surface area contributed by atoms with Crippen molar-refractivity contribution in [3.8, 4) is 5.75 Å². The van der Waals surface area contributed by atoms with Crippen LogP contribution in [-0.4, -0.2) is 44.4 Å². The van der Waals surface area contributed by atoms with Gasteiger partial charge in [0.05, 0.1) is 18.0 Å². The van der Waals surface area contributed by atoms with E-state index in [0.29, 0.717) is 12.4 Å². The number of aryl methyl sites for hydroxylation is 1. The Bertz CT molecular complexity index is 1060. The van der Waals surface area contributed by atoms with Crippen molar-refractivity contribution < 1.29 is 17.9 Å². The predicted octanol–water partition coefficient (Wildman–Crippen LogP) is 4.14. The number of carbonyl (C=O) groups excluding carboxylic acids is 1. The number of hydrogen-bond donors (Lipinski definition) is 0. The number of fused-ring (bicyclic) bond motifs is 1. The Morgan fingerprint density at radius 3 is 2.60 bits per heavy atom. The fourth-order valence-electron chi connectivity index (χ4n) is 3.82. The number of hydrogen-bond acceptors (Lipinski definition) is 4. The van der Waals surface area contributed by atoms with Crippen LogP contribution in [0.4, 0.5) is 5.69 Å². The van der Waals surface area contributed by atoms with Gasteiger partial charge in [0, 0.05) is 22.7 Å². The zero-order valence-corrected chi connectivity index (χ0v) is 20.1. The van der Waals surface area contributed by atoms with E-state index >= 15 is 0 Å². The maximum atomic E-state index is 13.2. The van der Waals surface area contributed by atoms with Gasteiger partial charge in [-0.15, -0.1) is 0 Å². The van der Waals surface area contributed by atoms with Crippen molar-refractivity contribution in [1.29, 1.82) is 0 Å². The van der Waals surface area contributed by atoms with Gasteiger partial charge in [-0.3, -0.25) is 4.79 Å². The van der Waals surface area contributed by atoms with E-state index in [9.17, 15) is 13.2 Å². The summed E-state index contributed by atoms with van der Waals surface area (Å²) in [4.78, 5) is 15.0. The Labute approximate surface area is 187 Å². The second-order valence-electron chi connectivity index (χ2n) is 7.38. The third-order valence-electron chi connectivity index (χ3n) is 5.27. The van der Waals surface area contributed by atoms with Gasteiger partial charge >= 0.3 is 0 Å². The first-order valence-electron chi connectivity index (χ1n) is 10.0. The highest BCUT2D eigenvalue weighted by Gasteiger charge is 2.34. The first kappa shape index (κ1) is 22.8. The normalized spacial score (nSPS) is 16.1. The number of likely N-dealkylation sites (N-methyl/N-ethyl adjacent to an activating group) is 1. The van der Waals surface area contributed by atoms with Crippen LogP contribution in [0, 0.1) is 6.92 Å². The van der Waals surface area contributed by atoms with Gasteiger partial charge in [-0.25, -0.2) is 8.42 Å². The number of halogens is 1. The number of benzene rings is 2. The minimum absolute atomic E-state index is 0.0177. The minimum atomic E-state index is -3.81. The number of sulfonamides is 1. The molecule has 1 amide bonds. The SMILES string of the molecule is CCOc1ccc(S(=O)(=O)N(CC)CC(=O)N2c3ccc(Br)cc3C[C@H]2C)cc1C. The summed E-state index contributed by atoms with van der Waals surface area (Å²) in [5.41, 5.74) is 2.67. The molecule has 0 spiro atoms. The van der Waals surface area contributed by atoms with Crippen LogP contribution in [0.15, 0.2) is 45.8 Å². The third-order valence-corrected chi connectivity index (χ3v) is 7.68. The Balaban J connectivity index is 1.84. The van der Waals surface area contributed by atoms with Crippen LogP contribution in [0.2, 0.25) is 0 Å². The summed E-state index contributed by atoms with van der Waals surface area (Å²) in [5.74, 6) is 0.431. The molecular formula is C22H27BrN2O4S. The van der Waals surface area contributed by atoms with Crippen LogP contribution < -0.4 is 9.64 Å². The van der Waals surface area contributed by atoms with Gasteiger partial charge in [-0.2, -0.15) is 4.31 Å². The summed E-state index contributed by atoms with van der Waals surface area (Å²) in [7, 11) is -3.81. The van der Waals surface area contributed by atoms with Crippen molar-refractivity contribution in [2.24, 2.45) is 0 Å². The van der Waals surface area contributed by atoms with Crippen LogP contribution in [-0.2, 0) is 21.2 Å². The largest absolute Gasteiger partial charge is 0.494 e. The van der Waals surface area contributed by atoms with Crippen molar-refractivity contribution in [3.05, 3.63) is 52.0 Å². The molecule has 0 unspecified atom stereocenters. The van der Waals surface area contributed by atoms with E-state index in [0.717, 1.165) is 27.7 Å². The molecule has 0 fully saturated rings. The Morgan fingerprint density at radius 1 is 1.23 bits per heavy atom. The summed E-state index contributed by atoms with van der Waals surface area (Å²) < 4.78 is 34.1. The number of ether oxygens (including phenoxy) is 1. The van der Waals surface area contributed by atoms with Crippen molar-refractivity contribution in [2.75, 3.05) is 24.6 Å². The molecule has 162 valence electrons. The van der Waals surface area contributed by atoms with Crippen LogP contribution in [0.1, 0.15) is 31.9 Å². The number of amides is 1. The average molecular weight is 495 g/mol. The monoisotopic (exact) mass is 494 g/mol. The zero-order chi connectivity index (χ0) is 22.1. The molecular weight excluding hydrogens is 468 g/mol. The first-order valence-corrected chi connectivity index (χ1v) is 12.3. The molecule has 0 saturated carbocycles. The molecule has 1 aliphatic rings. The van der Waals surface area contributed by atoms with E-state index in [1.807, 2.05) is 39.0 Å². The molecule has 0 saturated heterocycles. The van der Waals surface area contributed by atoms with E-state index in [1.165, 1.54) is 10.4 Å². The van der Waals surface area contributed by atoms with Crippen LogP contribution in [0.3, 0.4) is 0 Å². The maximum absolute atomic E-state index is 13.2. The summed E-state index contributed by atoms with van der Waals surface area (Å²) >= 11 is 3.47. The molecule has 1 aliphatic heterocycles. The van der Waals surface area contributed by atoms with Crippen molar-refractivity contribution in [1.82, 2.24) is 4.31 Å². The average Bonchev–Trinajstić information content (AvgIpc) is 3.02. The second-order valence-corrected chi connectivity index (χ2v) is 10.2. The van der Waals surface area contributed by atoms with Crippen molar-refractivity contribution in [3.63, 3.8) is 0 Å². The molecule has 0 N–H and O–H groups in total. The highest BCUT2D eigenvalue weighted by Crippen LogP contribution is 2.34. The maximum Gasteiger partial charge on any atom is 0.243 e. The lowest BCUT2D eigenvalue weighted by Gasteiger charge is -2.27. The first-order chi connectivity index (χ1) is 14.2. The predicted molar refractivity (Wildman–Crippen MR) is 122 cm³/mol. The Morgan fingerprint density at radius 2 is 1.97 bits per heavy atom. The van der Waals surface area contributed by atoms with Crippen LogP contribution in [0.5, 0.6) is 5.75 Å². The highest BCUT2D eigenvalue weighted by atomic mass is 79.9. The Hall–Kier alpha value is -1.90. The van der Waals surface area contributed by atoms with Crippen LogP contribution in [0.25, 0.3) is 0 Å². The number of carbonyl (C=O) groups is 1. The molecule has 1 heterocycles. The molecule has 2 aromatic carbocycles. The molecule has 0 radical (unpaired) electrons. The fourth-order valence-corrected chi connectivity index (χ4v) is 5.72. The van der Waals surface area contributed by atoms with Gasteiger partial charge in [0.1, 0.15) is 5.75 Å². The van der Waals surface area contributed by atoms with E-state index in [4.69, 9.17) is 4.74 Å². The van der Waals surface area contributed by atoms with Gasteiger partial charge in [-0.05, 0) is 74.7 Å². The highest BCUT2D eigenvalue weighted by molar-refractivity contribution is 9.10. The molecule has 0 bridgehead atoms. The molecule has 0 aliphatic carbocycles. The van der Waals surface area contributed by atoms with E-state index < -0.39 is 10.0 Å². The Kier molecular flexibility index (Phi) is 6.89. The van der Waals surface area contributed by atoms with Gasteiger partial charge in [0.25, 0.3) is 0 Å². The van der Waals surface area contributed by atoms with E-state index in [1.54, 1.807) is 24.0 Å². The molecule has 1 atom stereocenters. The topological polar surface area (TPSA) is 66.9 Å². The minimum Gasteiger partial charge on any atom is -0.494 e. The van der Waals surface area contributed by atoms with Gasteiger partial charge in [-0.1, -0.05) is 22.9 Å². The zero-order valence-electron chi connectivity index (χ0n) is 17.7. The standard InChI is InChI=1S/C22H27BrN2O4S/c1-5-24(30(27,28)19-8-10-21(29-6-2)15(3)11-19)14-22(26)25-16(4)12-17-13-18(23)7-9-20(17)25/h7-11,13,16H,5-6,12,14H2,1-4H3/t16-/m1/s1. The smallest absolute Gasteiger partial charge is 0.243 e. The summed E-state index contributed by atoms with van der Waals surface area (Å²) in [6.07, 6.45) is 0.747. The summed E-state index contributed by atoms with van der Waals surface area (Å²) in [6.45, 7) is 7.92. The molecule has 0 aromatic heterocycles. The number of anilines is 1. The van der Waals surface area contributed by atoms with Crippen molar-refractivity contribution in [2.45, 2.75) is 45.1 Å². The third kappa shape index (κ3) is 4.40. The number of rotatable bonds is 7. The fraction of sp³-hybridized carbons (Fsp3) is 0.409. The molecule has 30 heavy (non-hydrogen) atoms. The number of nitrogens with zero attached hydrogens (tertiary/aromatic N) is 2. The molecule has 2 aromatic rings. The lowest BCUT2D eigenvalue weighted by atomic mass is 10.1. The van der Waals surface area contributed by atoms with Gasteiger partial charge in [0.2, 0.25) is 15.9 Å². The summed E-state index contributed by atoms with van der Waals surface area (Å²) in [6, 6.07) is 10.6. The van der Waals surface area contributed by atoms with E-state index in [-0.39, 0.29) is 29.9 Å². The van der Waals surface area contributed by atoms with Gasteiger partial charge in [0.15, 0.2) is 0 Å². The summed E-state index contributed by atoms with van der Waals surface area (Å²) in [5, 5.41) is 0. The molecule has 3 rings (SSSR count).